The minimum atomic E-state index is 0.188. The quantitative estimate of drug-likeness (QED) is 0.647. The molecule has 0 unspecified atom stereocenters. The third-order valence-corrected chi connectivity index (χ3v) is 1.90. The number of para-hydroxylation sites is 2. The molecule has 1 heterocycles. The van der Waals surface area contributed by atoms with E-state index in [4.69, 9.17) is 5.73 Å². The Kier molecular flexibility index (Phi) is 2.41. The number of rotatable bonds is 2. The first kappa shape index (κ1) is 9.33. The van der Waals surface area contributed by atoms with E-state index in [0.717, 1.165) is 5.69 Å². The summed E-state index contributed by atoms with van der Waals surface area (Å²) in [7, 11) is 0. The third-order valence-electron chi connectivity index (χ3n) is 1.90. The highest BCUT2D eigenvalue weighted by Gasteiger charge is 2.00. The maximum atomic E-state index is 9.52. The molecule has 0 spiro atoms. The second kappa shape index (κ2) is 3.88. The zero-order valence-corrected chi connectivity index (χ0v) is 7.94. The lowest BCUT2D eigenvalue weighted by Crippen LogP contribution is -1.94. The van der Waals surface area contributed by atoms with E-state index in [2.05, 4.69) is 16.5 Å². The molecule has 4 nitrogen and oxygen atoms in total. The smallest absolute Gasteiger partial charge is 0.139 e. The van der Waals surface area contributed by atoms with Crippen LogP contribution in [-0.2, 0) is 0 Å². The SMILES string of the molecule is Nc1cc(Nc2ccccc2O)c[c]n1. The van der Waals surface area contributed by atoms with Crippen LogP contribution in [0.3, 0.4) is 0 Å². The predicted molar refractivity (Wildman–Crippen MR) is 58.9 cm³/mol. The first-order chi connectivity index (χ1) is 7.25. The van der Waals surface area contributed by atoms with Gasteiger partial charge in [-0.2, -0.15) is 0 Å². The first-order valence-electron chi connectivity index (χ1n) is 4.44. The van der Waals surface area contributed by atoms with Crippen molar-refractivity contribution in [3.8, 4) is 5.75 Å². The minimum Gasteiger partial charge on any atom is -0.506 e. The maximum absolute atomic E-state index is 9.52. The summed E-state index contributed by atoms with van der Waals surface area (Å²) < 4.78 is 0. The number of nitrogens with two attached hydrogens (primary N) is 1. The van der Waals surface area contributed by atoms with Gasteiger partial charge in [0.25, 0.3) is 0 Å². The monoisotopic (exact) mass is 200 g/mol. The lowest BCUT2D eigenvalue weighted by molar-refractivity contribution is 0.478. The maximum Gasteiger partial charge on any atom is 0.139 e. The van der Waals surface area contributed by atoms with Crippen LogP contribution >= 0.6 is 0 Å². The number of pyridine rings is 1. The number of phenolic OH excluding ortho intramolecular Hbond substituents is 1. The second-order valence-corrected chi connectivity index (χ2v) is 3.05. The molecule has 0 fully saturated rings. The van der Waals surface area contributed by atoms with Crippen molar-refractivity contribution in [2.75, 3.05) is 11.1 Å². The number of aromatic nitrogens is 1. The molecule has 75 valence electrons. The van der Waals surface area contributed by atoms with Crippen molar-refractivity contribution in [3.05, 3.63) is 42.6 Å². The van der Waals surface area contributed by atoms with Crippen LogP contribution in [0.2, 0.25) is 0 Å². The molecule has 1 aromatic heterocycles. The standard InChI is InChI=1S/C11H10N3O/c12-11-7-8(5-6-13-11)14-9-3-1-2-4-10(9)15/h1-5,7,15H,(H3,12,13,14). The van der Waals surface area contributed by atoms with E-state index in [-0.39, 0.29) is 5.75 Å². The van der Waals surface area contributed by atoms with Gasteiger partial charge in [-0.1, -0.05) is 12.1 Å². The largest absolute Gasteiger partial charge is 0.506 e. The molecule has 4 N–H and O–H groups in total. The number of anilines is 3. The zero-order valence-electron chi connectivity index (χ0n) is 7.94. The Labute approximate surface area is 87.4 Å². The third kappa shape index (κ3) is 2.17. The van der Waals surface area contributed by atoms with Gasteiger partial charge >= 0.3 is 0 Å². The number of hydrogen-bond acceptors (Lipinski definition) is 4. The summed E-state index contributed by atoms with van der Waals surface area (Å²) in [5.74, 6) is 0.573. The van der Waals surface area contributed by atoms with E-state index in [1.165, 1.54) is 0 Å². The summed E-state index contributed by atoms with van der Waals surface area (Å²) in [6, 6.07) is 10.3. The average molecular weight is 200 g/mol. The Morgan fingerprint density at radius 2 is 2.13 bits per heavy atom. The summed E-state index contributed by atoms with van der Waals surface area (Å²) >= 11 is 0. The molecule has 1 radical (unpaired) electrons. The van der Waals surface area contributed by atoms with Crippen LogP contribution in [0.1, 0.15) is 0 Å². The summed E-state index contributed by atoms with van der Waals surface area (Å²) in [5, 5.41) is 12.5. The van der Waals surface area contributed by atoms with Gasteiger partial charge in [0.1, 0.15) is 11.6 Å². The van der Waals surface area contributed by atoms with Gasteiger partial charge < -0.3 is 16.2 Å². The molecule has 15 heavy (non-hydrogen) atoms. The van der Waals surface area contributed by atoms with E-state index in [1.807, 2.05) is 6.07 Å². The van der Waals surface area contributed by atoms with Gasteiger partial charge in [-0.3, -0.25) is 0 Å². The Morgan fingerprint density at radius 1 is 1.33 bits per heavy atom. The predicted octanol–water partition coefficient (Wildman–Crippen LogP) is 1.91. The molecule has 0 saturated carbocycles. The van der Waals surface area contributed by atoms with E-state index in [9.17, 15) is 5.11 Å². The number of aromatic hydroxyl groups is 1. The fourth-order valence-electron chi connectivity index (χ4n) is 1.22. The Bertz CT molecular complexity index is 471. The second-order valence-electron chi connectivity index (χ2n) is 3.05. The van der Waals surface area contributed by atoms with Crippen molar-refractivity contribution in [3.63, 3.8) is 0 Å². The zero-order chi connectivity index (χ0) is 10.7. The molecule has 0 bridgehead atoms. The molecule has 2 rings (SSSR count). The number of nitrogens with zero attached hydrogens (tertiary/aromatic N) is 1. The van der Waals surface area contributed by atoms with Crippen molar-refractivity contribution in [1.29, 1.82) is 0 Å². The Morgan fingerprint density at radius 3 is 2.87 bits per heavy atom. The van der Waals surface area contributed by atoms with Crippen LogP contribution in [0.25, 0.3) is 0 Å². The van der Waals surface area contributed by atoms with Crippen molar-refractivity contribution in [2.24, 2.45) is 0 Å². The molecule has 0 amide bonds. The molecule has 4 heteroatoms. The highest BCUT2D eigenvalue weighted by Crippen LogP contribution is 2.25. The number of hydrogen-bond donors (Lipinski definition) is 3. The van der Waals surface area contributed by atoms with Crippen LogP contribution in [0.4, 0.5) is 17.2 Å². The molecular weight excluding hydrogens is 190 g/mol. The van der Waals surface area contributed by atoms with Crippen LogP contribution in [0.15, 0.2) is 36.4 Å². The van der Waals surface area contributed by atoms with E-state index in [1.54, 1.807) is 30.3 Å². The highest BCUT2D eigenvalue weighted by molar-refractivity contribution is 5.66. The summed E-state index contributed by atoms with van der Waals surface area (Å²) in [4.78, 5) is 3.75. The number of nitrogens with one attached hydrogen (secondary N) is 1. The summed E-state index contributed by atoms with van der Waals surface area (Å²) in [5.41, 5.74) is 6.87. The summed E-state index contributed by atoms with van der Waals surface area (Å²) in [6.07, 6.45) is 2.65. The number of benzene rings is 1. The van der Waals surface area contributed by atoms with Crippen LogP contribution in [-0.4, -0.2) is 10.1 Å². The number of phenols is 1. The Hall–Kier alpha value is -2.23. The van der Waals surface area contributed by atoms with Gasteiger partial charge in [0.05, 0.1) is 11.9 Å². The van der Waals surface area contributed by atoms with Gasteiger partial charge in [0.15, 0.2) is 0 Å². The van der Waals surface area contributed by atoms with Crippen molar-refractivity contribution in [1.82, 2.24) is 4.98 Å². The molecule has 0 aliphatic carbocycles. The molecule has 1 aromatic carbocycles. The summed E-state index contributed by atoms with van der Waals surface area (Å²) in [6.45, 7) is 0. The van der Waals surface area contributed by atoms with Gasteiger partial charge in [-0.15, -0.1) is 0 Å². The van der Waals surface area contributed by atoms with E-state index in [0.29, 0.717) is 11.5 Å². The first-order valence-corrected chi connectivity index (χ1v) is 4.44. The van der Waals surface area contributed by atoms with E-state index >= 15 is 0 Å². The van der Waals surface area contributed by atoms with Gasteiger partial charge in [0, 0.05) is 11.8 Å². The van der Waals surface area contributed by atoms with Gasteiger partial charge in [-0.05, 0) is 18.2 Å². The van der Waals surface area contributed by atoms with Crippen molar-refractivity contribution < 1.29 is 5.11 Å². The Balaban J connectivity index is 2.26. The lowest BCUT2D eigenvalue weighted by Gasteiger charge is -2.07. The molecule has 0 aliphatic heterocycles. The number of nitrogen functional groups attached to an aromatic ring is 1. The van der Waals surface area contributed by atoms with Gasteiger partial charge in [0.2, 0.25) is 0 Å². The molecule has 0 atom stereocenters. The molecule has 0 aliphatic rings. The van der Waals surface area contributed by atoms with Crippen LogP contribution in [0.5, 0.6) is 5.75 Å². The van der Waals surface area contributed by atoms with Crippen LogP contribution < -0.4 is 11.1 Å². The van der Waals surface area contributed by atoms with Gasteiger partial charge in [-0.25, -0.2) is 4.98 Å². The fourth-order valence-corrected chi connectivity index (χ4v) is 1.22. The lowest BCUT2D eigenvalue weighted by atomic mass is 10.3. The van der Waals surface area contributed by atoms with E-state index < -0.39 is 0 Å². The molecule has 0 saturated heterocycles. The van der Waals surface area contributed by atoms with Crippen molar-refractivity contribution in [2.45, 2.75) is 0 Å². The average Bonchev–Trinajstić information content (AvgIpc) is 2.22. The fraction of sp³-hybridized carbons (Fsp3) is 0. The highest BCUT2D eigenvalue weighted by atomic mass is 16.3. The minimum absolute atomic E-state index is 0.188. The topological polar surface area (TPSA) is 71.2 Å². The van der Waals surface area contributed by atoms with Crippen molar-refractivity contribution >= 4 is 17.2 Å². The van der Waals surface area contributed by atoms with Crippen LogP contribution in [0, 0.1) is 6.20 Å². The molecule has 2 aromatic rings. The normalized spacial score (nSPS) is 9.87. The molecular formula is C11H10N3O.